The van der Waals surface area contributed by atoms with Gasteiger partial charge in [0.15, 0.2) is 0 Å². The number of nitrogens with one attached hydrogen (secondary N) is 1. The second-order valence-electron chi connectivity index (χ2n) is 5.03. The van der Waals surface area contributed by atoms with Gasteiger partial charge in [-0.15, -0.1) is 0 Å². The highest BCUT2D eigenvalue weighted by molar-refractivity contribution is 5.20. The van der Waals surface area contributed by atoms with Crippen LogP contribution in [0.3, 0.4) is 0 Å². The lowest BCUT2D eigenvalue weighted by Gasteiger charge is -2.24. The number of ether oxygens (including phenoxy) is 1. The van der Waals surface area contributed by atoms with E-state index in [2.05, 4.69) is 26.1 Å². The molecule has 0 aromatic heterocycles. The third-order valence-electron chi connectivity index (χ3n) is 3.07. The maximum atomic E-state index is 5.64. The summed E-state index contributed by atoms with van der Waals surface area (Å²) in [5.41, 5.74) is 0.264. The van der Waals surface area contributed by atoms with E-state index in [1.54, 1.807) is 0 Å². The highest BCUT2D eigenvalue weighted by Gasteiger charge is 2.12. The second-order valence-corrected chi connectivity index (χ2v) is 5.03. The molecule has 0 heterocycles. The number of rotatable bonds is 8. The predicted molar refractivity (Wildman–Crippen MR) is 73.5 cm³/mol. The van der Waals surface area contributed by atoms with E-state index < -0.39 is 0 Å². The minimum absolute atomic E-state index is 0.264. The summed E-state index contributed by atoms with van der Waals surface area (Å²) in [4.78, 5) is 0. The van der Waals surface area contributed by atoms with Crippen LogP contribution in [0.4, 0.5) is 0 Å². The van der Waals surface area contributed by atoms with Gasteiger partial charge in [-0.05, 0) is 51.8 Å². The molecule has 0 bridgehead atoms. The van der Waals surface area contributed by atoms with Crippen molar-refractivity contribution >= 4 is 0 Å². The SMILES string of the molecule is CCC(C)(C)NCCCCOc1ccccc1. The average Bonchev–Trinajstić information content (AvgIpc) is 2.35. The third-order valence-corrected chi connectivity index (χ3v) is 3.07. The van der Waals surface area contributed by atoms with Crippen molar-refractivity contribution in [1.82, 2.24) is 5.32 Å². The molecule has 96 valence electrons. The van der Waals surface area contributed by atoms with Gasteiger partial charge in [0.2, 0.25) is 0 Å². The van der Waals surface area contributed by atoms with Gasteiger partial charge in [-0.25, -0.2) is 0 Å². The Kier molecular flexibility index (Phi) is 6.06. The predicted octanol–water partition coefficient (Wildman–Crippen LogP) is 3.62. The first-order valence-electron chi connectivity index (χ1n) is 6.57. The van der Waals surface area contributed by atoms with Crippen LogP contribution in [0.2, 0.25) is 0 Å². The molecule has 0 aliphatic rings. The van der Waals surface area contributed by atoms with Crippen molar-refractivity contribution < 1.29 is 4.74 Å². The number of hydrogen-bond acceptors (Lipinski definition) is 2. The summed E-state index contributed by atoms with van der Waals surface area (Å²) in [5, 5.41) is 3.55. The summed E-state index contributed by atoms with van der Waals surface area (Å²) in [7, 11) is 0. The normalized spacial score (nSPS) is 11.5. The van der Waals surface area contributed by atoms with Crippen molar-refractivity contribution in [1.29, 1.82) is 0 Å². The summed E-state index contributed by atoms with van der Waals surface area (Å²) >= 11 is 0. The number of hydrogen-bond donors (Lipinski definition) is 1. The van der Waals surface area contributed by atoms with E-state index in [-0.39, 0.29) is 5.54 Å². The van der Waals surface area contributed by atoms with Crippen LogP contribution in [0.5, 0.6) is 5.75 Å². The van der Waals surface area contributed by atoms with E-state index in [1.165, 1.54) is 0 Å². The maximum absolute atomic E-state index is 5.64. The van der Waals surface area contributed by atoms with E-state index in [1.807, 2.05) is 30.3 Å². The van der Waals surface area contributed by atoms with Gasteiger partial charge in [0.05, 0.1) is 6.61 Å². The Morgan fingerprint density at radius 3 is 2.47 bits per heavy atom. The topological polar surface area (TPSA) is 21.3 Å². The summed E-state index contributed by atoms with van der Waals surface area (Å²) in [6, 6.07) is 10.0. The first kappa shape index (κ1) is 14.0. The molecule has 17 heavy (non-hydrogen) atoms. The molecule has 0 spiro atoms. The van der Waals surface area contributed by atoms with Crippen LogP contribution >= 0.6 is 0 Å². The molecule has 1 aromatic rings. The van der Waals surface area contributed by atoms with Crippen molar-refractivity contribution in [3.8, 4) is 5.75 Å². The van der Waals surface area contributed by atoms with Gasteiger partial charge >= 0.3 is 0 Å². The van der Waals surface area contributed by atoms with Crippen molar-refractivity contribution in [2.75, 3.05) is 13.2 Å². The zero-order valence-corrected chi connectivity index (χ0v) is 11.3. The molecule has 1 aromatic carbocycles. The van der Waals surface area contributed by atoms with Crippen LogP contribution in [0, 0.1) is 0 Å². The molecule has 0 unspecified atom stereocenters. The number of para-hydroxylation sites is 1. The maximum Gasteiger partial charge on any atom is 0.119 e. The van der Waals surface area contributed by atoms with Gasteiger partial charge < -0.3 is 10.1 Å². The lowest BCUT2D eigenvalue weighted by molar-refractivity contribution is 0.298. The number of benzene rings is 1. The Bertz CT molecular complexity index is 295. The number of unbranched alkanes of at least 4 members (excludes halogenated alkanes) is 1. The van der Waals surface area contributed by atoms with Crippen LogP contribution in [0.25, 0.3) is 0 Å². The molecule has 0 saturated carbocycles. The Balaban J connectivity index is 2.02. The van der Waals surface area contributed by atoms with Gasteiger partial charge in [-0.1, -0.05) is 25.1 Å². The zero-order chi connectivity index (χ0) is 12.6. The quantitative estimate of drug-likeness (QED) is 0.695. The fraction of sp³-hybridized carbons (Fsp3) is 0.600. The Hall–Kier alpha value is -1.02. The largest absolute Gasteiger partial charge is 0.494 e. The summed E-state index contributed by atoms with van der Waals surface area (Å²) in [5.74, 6) is 0.967. The molecule has 0 saturated heterocycles. The minimum Gasteiger partial charge on any atom is -0.494 e. The van der Waals surface area contributed by atoms with Crippen molar-refractivity contribution in [2.45, 2.75) is 45.6 Å². The van der Waals surface area contributed by atoms with E-state index in [9.17, 15) is 0 Å². The first-order valence-corrected chi connectivity index (χ1v) is 6.57. The van der Waals surface area contributed by atoms with Crippen LogP contribution in [-0.4, -0.2) is 18.7 Å². The standard InChI is InChI=1S/C15H25NO/c1-4-15(2,3)16-12-8-9-13-17-14-10-6-5-7-11-14/h5-7,10-11,16H,4,8-9,12-13H2,1-3H3. The van der Waals surface area contributed by atoms with E-state index in [4.69, 9.17) is 4.74 Å². The molecular weight excluding hydrogens is 210 g/mol. The van der Waals surface area contributed by atoms with Gasteiger partial charge in [0.1, 0.15) is 5.75 Å². The summed E-state index contributed by atoms with van der Waals surface area (Å²) < 4.78 is 5.64. The highest BCUT2D eigenvalue weighted by Crippen LogP contribution is 2.09. The van der Waals surface area contributed by atoms with Crippen LogP contribution in [-0.2, 0) is 0 Å². The van der Waals surface area contributed by atoms with Gasteiger partial charge in [-0.2, -0.15) is 0 Å². The second kappa shape index (κ2) is 7.33. The molecule has 1 N–H and O–H groups in total. The third kappa shape index (κ3) is 6.32. The molecule has 2 heteroatoms. The minimum atomic E-state index is 0.264. The van der Waals surface area contributed by atoms with Crippen molar-refractivity contribution in [3.63, 3.8) is 0 Å². The van der Waals surface area contributed by atoms with E-state index in [0.717, 1.165) is 38.2 Å². The van der Waals surface area contributed by atoms with Crippen LogP contribution in [0.15, 0.2) is 30.3 Å². The molecule has 0 aliphatic heterocycles. The van der Waals surface area contributed by atoms with Crippen LogP contribution in [0.1, 0.15) is 40.0 Å². The lowest BCUT2D eigenvalue weighted by atomic mass is 10.0. The molecule has 0 aliphatic carbocycles. The van der Waals surface area contributed by atoms with Crippen molar-refractivity contribution in [2.24, 2.45) is 0 Å². The van der Waals surface area contributed by atoms with Gasteiger partial charge in [0, 0.05) is 5.54 Å². The average molecular weight is 235 g/mol. The first-order chi connectivity index (χ1) is 8.14. The molecular formula is C15H25NO. The fourth-order valence-electron chi connectivity index (χ4n) is 1.49. The highest BCUT2D eigenvalue weighted by atomic mass is 16.5. The van der Waals surface area contributed by atoms with Crippen LogP contribution < -0.4 is 10.1 Å². The Labute approximate surface area is 105 Å². The molecule has 1 rings (SSSR count). The summed E-state index contributed by atoms with van der Waals surface area (Å²) in [6.07, 6.45) is 3.42. The Morgan fingerprint density at radius 1 is 1.12 bits per heavy atom. The van der Waals surface area contributed by atoms with Crippen molar-refractivity contribution in [3.05, 3.63) is 30.3 Å². The monoisotopic (exact) mass is 235 g/mol. The smallest absolute Gasteiger partial charge is 0.119 e. The lowest BCUT2D eigenvalue weighted by Crippen LogP contribution is -2.39. The molecule has 2 nitrogen and oxygen atoms in total. The van der Waals surface area contributed by atoms with E-state index in [0.29, 0.717) is 0 Å². The fourth-order valence-corrected chi connectivity index (χ4v) is 1.49. The van der Waals surface area contributed by atoms with Gasteiger partial charge in [0.25, 0.3) is 0 Å². The molecule has 0 fully saturated rings. The molecule has 0 atom stereocenters. The van der Waals surface area contributed by atoms with Gasteiger partial charge in [-0.3, -0.25) is 0 Å². The molecule has 0 radical (unpaired) electrons. The Morgan fingerprint density at radius 2 is 1.82 bits per heavy atom. The zero-order valence-electron chi connectivity index (χ0n) is 11.3. The van der Waals surface area contributed by atoms with E-state index >= 15 is 0 Å². The molecule has 0 amide bonds. The summed E-state index contributed by atoms with van der Waals surface area (Å²) in [6.45, 7) is 8.57.